The molecule has 1 aliphatic heterocycles. The van der Waals surface area contributed by atoms with Crippen molar-refractivity contribution in [1.82, 2.24) is 4.90 Å². The summed E-state index contributed by atoms with van der Waals surface area (Å²) in [7, 11) is 0. The highest BCUT2D eigenvalue weighted by Gasteiger charge is 2.26. The van der Waals surface area contributed by atoms with Crippen LogP contribution in [0.2, 0.25) is 0 Å². The lowest BCUT2D eigenvalue weighted by molar-refractivity contribution is -0.121. The van der Waals surface area contributed by atoms with Crippen molar-refractivity contribution in [3.63, 3.8) is 0 Å². The maximum absolute atomic E-state index is 12.6. The monoisotopic (exact) mass is 302 g/mol. The molecule has 1 aliphatic rings. The van der Waals surface area contributed by atoms with Crippen LogP contribution in [0.25, 0.3) is 0 Å². The molecule has 0 radical (unpaired) electrons. The number of benzene rings is 1. The number of rotatable bonds is 5. The van der Waals surface area contributed by atoms with Gasteiger partial charge < -0.3 is 5.32 Å². The fourth-order valence-corrected chi connectivity index (χ4v) is 3.24. The third-order valence-electron chi connectivity index (χ3n) is 4.98. The molecule has 1 aromatic rings. The highest BCUT2D eigenvalue weighted by molar-refractivity contribution is 5.95. The topological polar surface area (TPSA) is 32.3 Å². The summed E-state index contributed by atoms with van der Waals surface area (Å²) in [4.78, 5) is 14.9. The molecule has 0 aromatic heterocycles. The number of para-hydroxylation sites is 1. The molecular formula is C19H30N2O. The first-order valence-corrected chi connectivity index (χ1v) is 8.66. The van der Waals surface area contributed by atoms with Gasteiger partial charge in [0.05, 0.1) is 6.04 Å². The molecule has 1 fully saturated rings. The zero-order chi connectivity index (χ0) is 16.1. The van der Waals surface area contributed by atoms with E-state index in [-0.39, 0.29) is 11.9 Å². The first-order chi connectivity index (χ1) is 10.5. The number of likely N-dealkylation sites (tertiary alicyclic amines) is 1. The van der Waals surface area contributed by atoms with E-state index in [2.05, 4.69) is 37.1 Å². The van der Waals surface area contributed by atoms with E-state index in [0.717, 1.165) is 25.2 Å². The van der Waals surface area contributed by atoms with Gasteiger partial charge in [0.25, 0.3) is 0 Å². The summed E-state index contributed by atoms with van der Waals surface area (Å²) in [5.74, 6) is 1.27. The van der Waals surface area contributed by atoms with Crippen LogP contribution in [0.5, 0.6) is 0 Å². The Morgan fingerprint density at radius 1 is 1.36 bits per heavy atom. The number of nitrogens with one attached hydrogen (secondary N) is 1. The maximum Gasteiger partial charge on any atom is 0.241 e. The van der Waals surface area contributed by atoms with Crippen molar-refractivity contribution in [2.75, 3.05) is 18.4 Å². The van der Waals surface area contributed by atoms with Gasteiger partial charge in [-0.15, -0.1) is 0 Å². The lowest BCUT2D eigenvalue weighted by Crippen LogP contribution is -2.46. The van der Waals surface area contributed by atoms with E-state index in [4.69, 9.17) is 0 Å². The van der Waals surface area contributed by atoms with Gasteiger partial charge in [-0.3, -0.25) is 9.69 Å². The molecule has 0 spiro atoms. The van der Waals surface area contributed by atoms with Crippen molar-refractivity contribution < 1.29 is 4.79 Å². The van der Waals surface area contributed by atoms with Gasteiger partial charge in [0.15, 0.2) is 0 Å². The van der Waals surface area contributed by atoms with E-state index in [1.807, 2.05) is 25.1 Å². The predicted octanol–water partition coefficient (Wildman–Crippen LogP) is 4.26. The Hall–Kier alpha value is -1.35. The highest BCUT2D eigenvalue weighted by Crippen LogP contribution is 2.27. The fourth-order valence-electron chi connectivity index (χ4n) is 3.24. The summed E-state index contributed by atoms with van der Waals surface area (Å²) < 4.78 is 0. The number of carbonyl (C=O) groups excluding carboxylic acids is 1. The molecule has 3 atom stereocenters. The number of nitrogens with zero attached hydrogens (tertiary/aromatic N) is 1. The SMILES string of the molecule is CCC(C)c1ccccc1NC(=O)C(C)N1CCCC(C)C1. The number of anilines is 1. The minimum Gasteiger partial charge on any atom is -0.324 e. The van der Waals surface area contributed by atoms with Crippen LogP contribution < -0.4 is 5.32 Å². The van der Waals surface area contributed by atoms with Crippen LogP contribution in [0.3, 0.4) is 0 Å². The summed E-state index contributed by atoms with van der Waals surface area (Å²) >= 11 is 0. The minimum absolute atomic E-state index is 0.0623. The number of hydrogen-bond acceptors (Lipinski definition) is 2. The summed E-state index contributed by atoms with van der Waals surface area (Å²) in [5, 5.41) is 3.16. The predicted molar refractivity (Wildman–Crippen MR) is 93.2 cm³/mol. The van der Waals surface area contributed by atoms with E-state index in [1.54, 1.807) is 0 Å². The smallest absolute Gasteiger partial charge is 0.241 e. The molecule has 1 saturated heterocycles. The molecule has 3 nitrogen and oxygen atoms in total. The maximum atomic E-state index is 12.6. The number of carbonyl (C=O) groups is 1. The Balaban J connectivity index is 2.05. The van der Waals surface area contributed by atoms with Crippen molar-refractivity contribution in [2.45, 2.75) is 58.9 Å². The Labute approximate surface area is 135 Å². The molecule has 1 heterocycles. The van der Waals surface area contributed by atoms with Crippen molar-refractivity contribution >= 4 is 11.6 Å². The van der Waals surface area contributed by atoms with Gasteiger partial charge >= 0.3 is 0 Å². The quantitative estimate of drug-likeness (QED) is 0.881. The van der Waals surface area contributed by atoms with Gasteiger partial charge in [-0.1, -0.05) is 39.0 Å². The average molecular weight is 302 g/mol. The Kier molecular flexibility index (Phi) is 6.01. The molecule has 1 amide bonds. The summed E-state index contributed by atoms with van der Waals surface area (Å²) in [6.07, 6.45) is 3.55. The van der Waals surface area contributed by atoms with Crippen LogP contribution in [0.4, 0.5) is 5.69 Å². The fraction of sp³-hybridized carbons (Fsp3) is 0.632. The standard InChI is InChI=1S/C19H30N2O/c1-5-15(3)17-10-6-7-11-18(17)20-19(22)16(4)21-12-8-9-14(2)13-21/h6-7,10-11,14-16H,5,8-9,12-13H2,1-4H3,(H,20,22). The van der Waals surface area contributed by atoms with E-state index >= 15 is 0 Å². The van der Waals surface area contributed by atoms with Crippen LogP contribution >= 0.6 is 0 Å². The molecule has 22 heavy (non-hydrogen) atoms. The van der Waals surface area contributed by atoms with Crippen LogP contribution in [-0.4, -0.2) is 29.9 Å². The van der Waals surface area contributed by atoms with E-state index in [9.17, 15) is 4.79 Å². The first kappa shape index (κ1) is 17.0. The van der Waals surface area contributed by atoms with Gasteiger partial charge in [-0.25, -0.2) is 0 Å². The lowest BCUT2D eigenvalue weighted by atomic mass is 9.96. The Morgan fingerprint density at radius 2 is 2.09 bits per heavy atom. The molecule has 1 N–H and O–H groups in total. The summed E-state index contributed by atoms with van der Waals surface area (Å²) in [6.45, 7) is 10.8. The molecular weight excluding hydrogens is 272 g/mol. The zero-order valence-corrected chi connectivity index (χ0v) is 14.4. The third kappa shape index (κ3) is 4.10. The molecule has 2 rings (SSSR count). The Morgan fingerprint density at radius 3 is 2.77 bits per heavy atom. The van der Waals surface area contributed by atoms with E-state index in [1.165, 1.54) is 18.4 Å². The number of hydrogen-bond donors (Lipinski definition) is 1. The normalized spacial score (nSPS) is 22.1. The van der Waals surface area contributed by atoms with Crippen molar-refractivity contribution in [1.29, 1.82) is 0 Å². The largest absolute Gasteiger partial charge is 0.324 e. The van der Waals surface area contributed by atoms with Crippen LogP contribution in [0.1, 0.15) is 58.4 Å². The van der Waals surface area contributed by atoms with Gasteiger partial charge in [0, 0.05) is 12.2 Å². The van der Waals surface area contributed by atoms with Crippen LogP contribution in [0.15, 0.2) is 24.3 Å². The van der Waals surface area contributed by atoms with Gasteiger partial charge in [0.2, 0.25) is 5.91 Å². The first-order valence-electron chi connectivity index (χ1n) is 8.66. The zero-order valence-electron chi connectivity index (χ0n) is 14.4. The molecule has 3 unspecified atom stereocenters. The highest BCUT2D eigenvalue weighted by atomic mass is 16.2. The second-order valence-corrected chi connectivity index (χ2v) is 6.80. The lowest BCUT2D eigenvalue weighted by Gasteiger charge is -2.34. The van der Waals surface area contributed by atoms with Crippen molar-refractivity contribution in [3.05, 3.63) is 29.8 Å². The van der Waals surface area contributed by atoms with Crippen LogP contribution in [0, 0.1) is 5.92 Å². The molecule has 0 bridgehead atoms. The van der Waals surface area contributed by atoms with Crippen LogP contribution in [-0.2, 0) is 4.79 Å². The van der Waals surface area contributed by atoms with Gasteiger partial charge in [-0.05, 0) is 56.2 Å². The van der Waals surface area contributed by atoms with Crippen molar-refractivity contribution in [3.8, 4) is 0 Å². The van der Waals surface area contributed by atoms with Gasteiger partial charge in [-0.2, -0.15) is 0 Å². The molecule has 0 saturated carbocycles. The second-order valence-electron chi connectivity index (χ2n) is 6.80. The number of amides is 1. The average Bonchev–Trinajstić information content (AvgIpc) is 2.53. The van der Waals surface area contributed by atoms with Gasteiger partial charge in [0.1, 0.15) is 0 Å². The minimum atomic E-state index is -0.0623. The third-order valence-corrected chi connectivity index (χ3v) is 4.98. The van der Waals surface area contributed by atoms with E-state index < -0.39 is 0 Å². The summed E-state index contributed by atoms with van der Waals surface area (Å²) in [6, 6.07) is 8.12. The summed E-state index contributed by atoms with van der Waals surface area (Å²) in [5.41, 5.74) is 2.20. The second kappa shape index (κ2) is 7.77. The Bertz CT molecular complexity index is 500. The number of piperidine rings is 1. The molecule has 1 aromatic carbocycles. The van der Waals surface area contributed by atoms with E-state index in [0.29, 0.717) is 11.8 Å². The molecule has 3 heteroatoms. The molecule has 0 aliphatic carbocycles. The molecule has 122 valence electrons. The van der Waals surface area contributed by atoms with Crippen molar-refractivity contribution in [2.24, 2.45) is 5.92 Å².